The third kappa shape index (κ3) is 3.94. The molecule has 0 N–H and O–H groups in total. The molecule has 1 aliphatic rings. The normalized spacial score (nSPS) is 13.6. The highest BCUT2D eigenvalue weighted by Crippen LogP contribution is 2.56. The SMILES string of the molecule is [C-]#[N+]/C(C#N)=C1\Sc2c(C)ccc(OC(=O)c3ccc4cc(C(=O)OC)ccc4c3)c2S1. The van der Waals surface area contributed by atoms with Crippen molar-refractivity contribution < 1.29 is 19.1 Å². The smallest absolute Gasteiger partial charge is 0.343 e. The number of carbonyl (C=O) groups excluding carboxylic acids is 2. The number of aryl methyl sites for hydroxylation is 1. The van der Waals surface area contributed by atoms with Gasteiger partial charge in [0.1, 0.15) is 5.75 Å². The summed E-state index contributed by atoms with van der Waals surface area (Å²) in [6.07, 6.45) is 0. The minimum Gasteiger partial charge on any atom is -0.465 e. The van der Waals surface area contributed by atoms with Crippen LogP contribution in [-0.4, -0.2) is 19.0 Å². The van der Waals surface area contributed by atoms with Crippen molar-refractivity contribution in [1.29, 1.82) is 5.26 Å². The highest BCUT2D eigenvalue weighted by atomic mass is 32.2. The first-order chi connectivity index (χ1) is 15.4. The molecule has 0 saturated carbocycles. The molecule has 0 spiro atoms. The molecule has 0 saturated heterocycles. The standard InChI is InChI=1S/C24H14N2O4S2/c1-13-4-9-19(21-20(13)31-24(32-21)18(12-25)26-2)30-23(28)17-8-6-14-10-16(22(27)29-3)7-5-15(14)11-17/h4-11H,1,3H3/b24-18+. The number of nitriles is 1. The van der Waals surface area contributed by atoms with E-state index in [0.717, 1.165) is 26.1 Å². The third-order valence-electron chi connectivity index (χ3n) is 4.77. The summed E-state index contributed by atoms with van der Waals surface area (Å²) in [6.45, 7) is 9.11. The molecule has 8 heteroatoms. The first kappa shape index (κ1) is 21.5. The van der Waals surface area contributed by atoms with Gasteiger partial charge in [-0.05, 0) is 53.6 Å². The molecule has 0 aromatic heterocycles. The van der Waals surface area contributed by atoms with Gasteiger partial charge < -0.3 is 9.47 Å². The molecular formula is C24H14N2O4S2. The van der Waals surface area contributed by atoms with Crippen LogP contribution in [0.3, 0.4) is 0 Å². The fourth-order valence-corrected chi connectivity index (χ4v) is 5.69. The molecule has 0 radical (unpaired) electrons. The number of rotatable bonds is 3. The van der Waals surface area contributed by atoms with E-state index in [4.69, 9.17) is 16.0 Å². The minimum atomic E-state index is -0.524. The molecular weight excluding hydrogens is 444 g/mol. The van der Waals surface area contributed by atoms with Crippen molar-refractivity contribution in [2.45, 2.75) is 16.7 Å². The number of ether oxygens (including phenoxy) is 2. The lowest BCUT2D eigenvalue weighted by molar-refractivity contribution is 0.0600. The average molecular weight is 459 g/mol. The molecule has 0 aliphatic carbocycles. The van der Waals surface area contributed by atoms with Crippen molar-refractivity contribution in [3.05, 3.63) is 86.6 Å². The predicted octanol–water partition coefficient (Wildman–Crippen LogP) is 5.96. The Hall–Kier alpha value is -3.72. The number of allylic oxidation sites excluding steroid dienone is 1. The highest BCUT2D eigenvalue weighted by molar-refractivity contribution is 8.24. The Kier molecular flexibility index (Phi) is 5.91. The number of thioether (sulfide) groups is 2. The number of hydrogen-bond acceptors (Lipinski definition) is 7. The van der Waals surface area contributed by atoms with Gasteiger partial charge in [-0.2, -0.15) is 0 Å². The molecule has 3 aromatic rings. The van der Waals surface area contributed by atoms with E-state index >= 15 is 0 Å². The van der Waals surface area contributed by atoms with Gasteiger partial charge in [-0.3, -0.25) is 0 Å². The lowest BCUT2D eigenvalue weighted by Gasteiger charge is -2.10. The summed E-state index contributed by atoms with van der Waals surface area (Å²) in [5, 5.41) is 10.8. The van der Waals surface area contributed by atoms with Crippen LogP contribution < -0.4 is 4.74 Å². The third-order valence-corrected chi connectivity index (χ3v) is 7.50. The van der Waals surface area contributed by atoms with Crippen molar-refractivity contribution in [3.63, 3.8) is 0 Å². The molecule has 4 rings (SSSR count). The van der Waals surface area contributed by atoms with Crippen LogP contribution in [0.4, 0.5) is 0 Å². The Morgan fingerprint density at radius 1 is 0.969 bits per heavy atom. The molecule has 0 fully saturated rings. The Bertz CT molecular complexity index is 1400. The Morgan fingerprint density at radius 2 is 1.59 bits per heavy atom. The van der Waals surface area contributed by atoms with Crippen LogP contribution in [0.25, 0.3) is 15.6 Å². The monoisotopic (exact) mass is 458 g/mol. The van der Waals surface area contributed by atoms with E-state index in [1.165, 1.54) is 30.6 Å². The van der Waals surface area contributed by atoms with Crippen LogP contribution in [0, 0.1) is 24.8 Å². The van der Waals surface area contributed by atoms with E-state index in [9.17, 15) is 14.9 Å². The van der Waals surface area contributed by atoms with Gasteiger partial charge in [0.2, 0.25) is 0 Å². The quantitative estimate of drug-likeness (QED) is 0.207. The number of methoxy groups -OCH3 is 1. The van der Waals surface area contributed by atoms with E-state index in [-0.39, 0.29) is 5.70 Å². The van der Waals surface area contributed by atoms with Gasteiger partial charge in [0.15, 0.2) is 0 Å². The van der Waals surface area contributed by atoms with Crippen LogP contribution in [0.5, 0.6) is 5.75 Å². The number of fused-ring (bicyclic) bond motifs is 2. The van der Waals surface area contributed by atoms with E-state index < -0.39 is 11.9 Å². The zero-order valence-electron chi connectivity index (χ0n) is 17.0. The molecule has 0 amide bonds. The largest absolute Gasteiger partial charge is 0.465 e. The van der Waals surface area contributed by atoms with Gasteiger partial charge in [0, 0.05) is 4.90 Å². The molecule has 0 unspecified atom stereocenters. The molecule has 1 heterocycles. The topological polar surface area (TPSA) is 80.8 Å². The molecule has 0 bridgehead atoms. The molecule has 3 aromatic carbocycles. The Balaban J connectivity index is 1.63. The maximum absolute atomic E-state index is 12.9. The lowest BCUT2D eigenvalue weighted by atomic mass is 10.0. The Labute approximate surface area is 192 Å². The summed E-state index contributed by atoms with van der Waals surface area (Å²) in [5.41, 5.74) is 1.79. The van der Waals surface area contributed by atoms with Crippen LogP contribution in [-0.2, 0) is 4.74 Å². The zero-order chi connectivity index (χ0) is 22.8. The summed E-state index contributed by atoms with van der Waals surface area (Å²) in [6, 6.07) is 15.7. The van der Waals surface area contributed by atoms with E-state index in [2.05, 4.69) is 4.85 Å². The van der Waals surface area contributed by atoms with E-state index in [1.807, 2.05) is 19.1 Å². The summed E-state index contributed by atoms with van der Waals surface area (Å²) < 4.78 is 11.0. The fraction of sp³-hybridized carbons (Fsp3) is 0.0833. The van der Waals surface area contributed by atoms with Crippen LogP contribution in [0.15, 0.2) is 68.3 Å². The Morgan fingerprint density at radius 3 is 2.19 bits per heavy atom. The van der Waals surface area contributed by atoms with Gasteiger partial charge in [-0.1, -0.05) is 41.7 Å². The number of hydrogen-bond donors (Lipinski definition) is 0. The van der Waals surface area contributed by atoms with Crippen LogP contribution in [0.2, 0.25) is 0 Å². The molecule has 6 nitrogen and oxygen atoms in total. The summed E-state index contributed by atoms with van der Waals surface area (Å²) >= 11 is 2.61. The molecule has 32 heavy (non-hydrogen) atoms. The summed E-state index contributed by atoms with van der Waals surface area (Å²) in [7, 11) is 1.33. The van der Waals surface area contributed by atoms with Crippen molar-refractivity contribution >= 4 is 46.2 Å². The van der Waals surface area contributed by atoms with Gasteiger partial charge in [-0.25, -0.2) is 19.7 Å². The van der Waals surface area contributed by atoms with Crippen molar-refractivity contribution in [2.75, 3.05) is 7.11 Å². The maximum Gasteiger partial charge on any atom is 0.343 e. The fourth-order valence-electron chi connectivity index (χ4n) is 3.14. The molecule has 1 aliphatic heterocycles. The van der Waals surface area contributed by atoms with Crippen molar-refractivity contribution in [1.82, 2.24) is 0 Å². The van der Waals surface area contributed by atoms with Gasteiger partial charge in [0.25, 0.3) is 5.70 Å². The average Bonchev–Trinajstić information content (AvgIpc) is 3.26. The second-order valence-electron chi connectivity index (χ2n) is 6.76. The predicted molar refractivity (Wildman–Crippen MR) is 122 cm³/mol. The number of carbonyl (C=O) groups is 2. The minimum absolute atomic E-state index is 0.0220. The van der Waals surface area contributed by atoms with Gasteiger partial charge in [0.05, 0.1) is 40.0 Å². The number of esters is 2. The summed E-state index contributed by atoms with van der Waals surface area (Å²) in [5.74, 6) is -0.569. The number of benzene rings is 3. The molecule has 156 valence electrons. The number of nitrogens with zero attached hydrogens (tertiary/aromatic N) is 2. The first-order valence-electron chi connectivity index (χ1n) is 9.30. The van der Waals surface area contributed by atoms with E-state index in [0.29, 0.717) is 21.1 Å². The van der Waals surface area contributed by atoms with Gasteiger partial charge >= 0.3 is 11.9 Å². The van der Waals surface area contributed by atoms with Gasteiger partial charge in [-0.15, -0.1) is 0 Å². The second-order valence-corrected chi connectivity index (χ2v) is 9.06. The van der Waals surface area contributed by atoms with Crippen molar-refractivity contribution in [3.8, 4) is 11.8 Å². The van der Waals surface area contributed by atoms with Crippen LogP contribution >= 0.6 is 23.5 Å². The van der Waals surface area contributed by atoms with Crippen molar-refractivity contribution in [2.24, 2.45) is 0 Å². The first-order valence-corrected chi connectivity index (χ1v) is 10.9. The van der Waals surface area contributed by atoms with Crippen LogP contribution in [0.1, 0.15) is 26.3 Å². The second kappa shape index (κ2) is 8.80. The maximum atomic E-state index is 12.9. The summed E-state index contributed by atoms with van der Waals surface area (Å²) in [4.78, 5) is 29.5. The lowest BCUT2D eigenvalue weighted by Crippen LogP contribution is -2.09. The molecule has 0 atom stereocenters. The highest BCUT2D eigenvalue weighted by Gasteiger charge is 2.27. The zero-order valence-corrected chi connectivity index (χ0v) is 18.6. The van der Waals surface area contributed by atoms with E-state index in [1.54, 1.807) is 42.5 Å².